The van der Waals surface area contributed by atoms with Gasteiger partial charge in [0, 0.05) is 18.1 Å². The molecular formula is C25H25ClN2O2. The van der Waals surface area contributed by atoms with Gasteiger partial charge < -0.3 is 15.4 Å². The number of nitrogens with zero attached hydrogens (tertiary/aromatic N) is 1. The quantitative estimate of drug-likeness (QED) is 0.648. The Balaban J connectivity index is 1.46. The number of halogens is 1. The summed E-state index contributed by atoms with van der Waals surface area (Å²) in [5.41, 5.74) is 12.7. The summed E-state index contributed by atoms with van der Waals surface area (Å²) in [4.78, 5) is 14.7. The van der Waals surface area contributed by atoms with E-state index in [9.17, 15) is 4.79 Å². The van der Waals surface area contributed by atoms with Gasteiger partial charge in [0.1, 0.15) is 5.75 Å². The maximum absolute atomic E-state index is 12.9. The molecule has 4 rings (SSSR count). The van der Waals surface area contributed by atoms with Crippen LogP contribution in [0.5, 0.6) is 5.75 Å². The molecule has 1 heterocycles. The maximum Gasteiger partial charge on any atom is 0.240 e. The number of ether oxygens (including phenoxy) is 1. The number of methoxy groups -OCH3 is 1. The van der Waals surface area contributed by atoms with Crippen LogP contribution >= 0.6 is 11.6 Å². The van der Waals surface area contributed by atoms with Gasteiger partial charge in [0.15, 0.2) is 0 Å². The van der Waals surface area contributed by atoms with Crippen LogP contribution < -0.4 is 10.5 Å². The molecule has 1 aliphatic heterocycles. The summed E-state index contributed by atoms with van der Waals surface area (Å²) in [6, 6.07) is 19.4. The van der Waals surface area contributed by atoms with Crippen molar-refractivity contribution in [3.63, 3.8) is 0 Å². The Kier molecular flexibility index (Phi) is 5.80. The molecule has 5 heteroatoms. The summed E-state index contributed by atoms with van der Waals surface area (Å²) < 4.78 is 5.33. The molecule has 0 radical (unpaired) electrons. The number of carbonyl (C=O) groups is 1. The molecule has 1 atom stereocenters. The first-order valence-electron chi connectivity index (χ1n) is 10.0. The zero-order valence-electron chi connectivity index (χ0n) is 17.2. The van der Waals surface area contributed by atoms with Gasteiger partial charge in [0.2, 0.25) is 5.91 Å². The fourth-order valence-corrected chi connectivity index (χ4v) is 4.26. The summed E-state index contributed by atoms with van der Waals surface area (Å²) in [7, 11) is 1.67. The predicted molar refractivity (Wildman–Crippen MR) is 121 cm³/mol. The largest absolute Gasteiger partial charge is 0.496 e. The van der Waals surface area contributed by atoms with Crippen molar-refractivity contribution in [3.8, 4) is 16.9 Å². The molecule has 4 nitrogen and oxygen atoms in total. The highest BCUT2D eigenvalue weighted by Crippen LogP contribution is 2.30. The third kappa shape index (κ3) is 4.07. The lowest BCUT2D eigenvalue weighted by atomic mass is 9.99. The van der Waals surface area contributed by atoms with E-state index in [2.05, 4.69) is 18.2 Å². The maximum atomic E-state index is 12.9. The second-order valence-electron chi connectivity index (χ2n) is 7.76. The lowest BCUT2D eigenvalue weighted by Crippen LogP contribution is -2.42. The van der Waals surface area contributed by atoms with E-state index in [1.54, 1.807) is 7.11 Å². The first-order valence-corrected chi connectivity index (χ1v) is 10.4. The SMILES string of the molecule is COc1ccc(-c2ccc(CC(N)C(=O)N3Cc4ccccc4C3)c(Cl)c2)cc1C. The number of amides is 1. The minimum Gasteiger partial charge on any atom is -0.496 e. The second kappa shape index (κ2) is 8.50. The van der Waals surface area contributed by atoms with E-state index in [0.29, 0.717) is 24.5 Å². The lowest BCUT2D eigenvalue weighted by Gasteiger charge is -2.21. The summed E-state index contributed by atoms with van der Waals surface area (Å²) in [5.74, 6) is 0.812. The van der Waals surface area contributed by atoms with Crippen molar-refractivity contribution in [1.29, 1.82) is 0 Å². The van der Waals surface area contributed by atoms with E-state index in [1.807, 2.05) is 54.3 Å². The van der Waals surface area contributed by atoms with Gasteiger partial charge in [-0.2, -0.15) is 0 Å². The minimum absolute atomic E-state index is 0.0443. The predicted octanol–water partition coefficient (Wildman–Crippen LogP) is 4.74. The van der Waals surface area contributed by atoms with Crippen LogP contribution in [0.2, 0.25) is 5.02 Å². The molecule has 0 saturated carbocycles. The van der Waals surface area contributed by atoms with Gasteiger partial charge >= 0.3 is 0 Å². The summed E-state index contributed by atoms with van der Waals surface area (Å²) >= 11 is 6.55. The molecule has 30 heavy (non-hydrogen) atoms. The van der Waals surface area contributed by atoms with E-state index in [1.165, 1.54) is 11.1 Å². The minimum atomic E-state index is -0.620. The Hall–Kier alpha value is -2.82. The Labute approximate surface area is 182 Å². The summed E-state index contributed by atoms with van der Waals surface area (Å²) in [5, 5.41) is 0.619. The van der Waals surface area contributed by atoms with Crippen molar-refractivity contribution >= 4 is 17.5 Å². The number of fused-ring (bicyclic) bond motifs is 1. The van der Waals surface area contributed by atoms with Crippen LogP contribution in [0, 0.1) is 6.92 Å². The number of hydrogen-bond donors (Lipinski definition) is 1. The molecule has 1 unspecified atom stereocenters. The Morgan fingerprint density at radius 2 is 1.70 bits per heavy atom. The molecule has 0 saturated heterocycles. The first-order chi connectivity index (χ1) is 14.5. The normalized spacial score (nSPS) is 13.8. The van der Waals surface area contributed by atoms with Gasteiger partial charge in [-0.3, -0.25) is 4.79 Å². The van der Waals surface area contributed by atoms with Gasteiger partial charge in [0.25, 0.3) is 0 Å². The molecule has 0 fully saturated rings. The van der Waals surface area contributed by atoms with Gasteiger partial charge in [-0.05, 0) is 64.9 Å². The van der Waals surface area contributed by atoms with Crippen LogP contribution in [-0.4, -0.2) is 24.0 Å². The van der Waals surface area contributed by atoms with Crippen LogP contribution in [0.3, 0.4) is 0 Å². The van der Waals surface area contributed by atoms with Crippen molar-refractivity contribution in [3.05, 3.63) is 87.9 Å². The van der Waals surface area contributed by atoms with E-state index in [4.69, 9.17) is 22.1 Å². The number of aryl methyl sites for hydroxylation is 1. The van der Waals surface area contributed by atoms with Crippen molar-refractivity contribution in [2.45, 2.75) is 32.5 Å². The molecule has 0 aromatic heterocycles. The molecule has 3 aromatic carbocycles. The van der Waals surface area contributed by atoms with E-state index < -0.39 is 6.04 Å². The highest BCUT2D eigenvalue weighted by molar-refractivity contribution is 6.31. The summed E-state index contributed by atoms with van der Waals surface area (Å²) in [6.45, 7) is 3.25. The molecule has 1 amide bonds. The molecule has 0 bridgehead atoms. The number of rotatable bonds is 5. The molecular weight excluding hydrogens is 396 g/mol. The smallest absolute Gasteiger partial charge is 0.240 e. The summed E-state index contributed by atoms with van der Waals surface area (Å²) in [6.07, 6.45) is 0.409. The number of nitrogens with two attached hydrogens (primary N) is 1. The van der Waals surface area contributed by atoms with Gasteiger partial charge in [-0.15, -0.1) is 0 Å². The number of hydrogen-bond acceptors (Lipinski definition) is 3. The van der Waals surface area contributed by atoms with Crippen LogP contribution in [-0.2, 0) is 24.3 Å². The standard InChI is InChI=1S/C25H25ClN2O2/c1-16-11-17(9-10-24(16)30-2)18-7-8-19(22(26)12-18)13-23(27)25(29)28-14-20-5-3-4-6-21(20)15-28/h3-12,23H,13-15,27H2,1-2H3. The highest BCUT2D eigenvalue weighted by atomic mass is 35.5. The average Bonchev–Trinajstić information content (AvgIpc) is 3.18. The van der Waals surface area contributed by atoms with Crippen LogP contribution in [0.15, 0.2) is 60.7 Å². The van der Waals surface area contributed by atoms with Crippen LogP contribution in [0.1, 0.15) is 22.3 Å². The van der Waals surface area contributed by atoms with Gasteiger partial charge in [-0.25, -0.2) is 0 Å². The highest BCUT2D eigenvalue weighted by Gasteiger charge is 2.27. The topological polar surface area (TPSA) is 55.6 Å². The zero-order valence-corrected chi connectivity index (χ0v) is 17.9. The second-order valence-corrected chi connectivity index (χ2v) is 8.17. The van der Waals surface area contributed by atoms with Crippen molar-refractivity contribution < 1.29 is 9.53 Å². The Morgan fingerprint density at radius 3 is 2.30 bits per heavy atom. The van der Waals surface area contributed by atoms with Crippen molar-refractivity contribution in [1.82, 2.24) is 4.90 Å². The van der Waals surface area contributed by atoms with E-state index >= 15 is 0 Å². The molecule has 1 aliphatic rings. The Morgan fingerprint density at radius 1 is 1.07 bits per heavy atom. The molecule has 0 aliphatic carbocycles. The monoisotopic (exact) mass is 420 g/mol. The fourth-order valence-electron chi connectivity index (χ4n) is 4.00. The number of benzene rings is 3. The fraction of sp³-hybridized carbons (Fsp3) is 0.240. The molecule has 3 aromatic rings. The Bertz CT molecular complexity index is 1070. The zero-order chi connectivity index (χ0) is 21.3. The molecule has 2 N–H and O–H groups in total. The van der Waals surface area contributed by atoms with Crippen LogP contribution in [0.25, 0.3) is 11.1 Å². The molecule has 0 spiro atoms. The third-order valence-electron chi connectivity index (χ3n) is 5.69. The first kappa shape index (κ1) is 20.5. The van der Waals surface area contributed by atoms with Crippen molar-refractivity contribution in [2.24, 2.45) is 5.73 Å². The van der Waals surface area contributed by atoms with E-state index in [-0.39, 0.29) is 5.91 Å². The van der Waals surface area contributed by atoms with Crippen molar-refractivity contribution in [2.75, 3.05) is 7.11 Å². The third-order valence-corrected chi connectivity index (χ3v) is 6.04. The van der Waals surface area contributed by atoms with Gasteiger partial charge in [0.05, 0.1) is 13.2 Å². The van der Waals surface area contributed by atoms with Crippen LogP contribution in [0.4, 0.5) is 0 Å². The van der Waals surface area contributed by atoms with E-state index in [0.717, 1.165) is 28.0 Å². The average molecular weight is 421 g/mol. The molecule has 154 valence electrons. The lowest BCUT2D eigenvalue weighted by molar-refractivity contribution is -0.133. The number of carbonyl (C=O) groups excluding carboxylic acids is 1. The van der Waals surface area contributed by atoms with Gasteiger partial charge in [-0.1, -0.05) is 54.1 Å².